The zero-order valence-corrected chi connectivity index (χ0v) is 22.2. The fraction of sp³-hybridized carbons (Fsp3) is 0.889. The van der Waals surface area contributed by atoms with Crippen molar-refractivity contribution in [3.8, 4) is 0 Å². The van der Waals surface area contributed by atoms with Crippen LogP contribution < -0.4 is 0 Å². The Morgan fingerprint density at radius 1 is 0.340 bits per heavy atom. The molecule has 0 spiro atoms. The van der Waals surface area contributed by atoms with E-state index >= 15 is 0 Å². The molecule has 0 aromatic heterocycles. The minimum Gasteiger partial charge on any atom is -0.447 e. The third kappa shape index (κ3) is 7.65. The molecule has 0 aromatic carbocycles. The summed E-state index contributed by atoms with van der Waals surface area (Å²) in [6.45, 7) is -4.94. The lowest BCUT2D eigenvalue weighted by Gasteiger charge is -2.39. The molecular formula is C18H8F26N2O4. The summed E-state index contributed by atoms with van der Waals surface area (Å²) in [4.78, 5) is 22.1. The van der Waals surface area contributed by atoms with Gasteiger partial charge in [0.25, 0.3) is 0 Å². The number of amides is 2. The van der Waals surface area contributed by atoms with Crippen LogP contribution in [-0.2, 0) is 9.47 Å². The van der Waals surface area contributed by atoms with Gasteiger partial charge in [0.05, 0.1) is 26.1 Å². The SMILES string of the molecule is O=C(N=NC(=O)OCCC(F)(F)C(F)(F)C(F)(F)C(F)(F)C(F)(F)C(F)(F)F)OCCC(F)(F)C(F)(F)C(F)(F)C(F)(F)C(F)(F)C(F)(F)F. The highest BCUT2D eigenvalue weighted by atomic mass is 19.4. The highest BCUT2D eigenvalue weighted by molar-refractivity contribution is 5.73. The summed E-state index contributed by atoms with van der Waals surface area (Å²) in [6, 6.07) is 0. The van der Waals surface area contributed by atoms with Gasteiger partial charge < -0.3 is 9.47 Å². The lowest BCUT2D eigenvalue weighted by molar-refractivity contribution is -0.440. The number of azo groups is 1. The Labute approximate surface area is 254 Å². The molecule has 296 valence electrons. The first-order chi connectivity index (χ1) is 21.5. The van der Waals surface area contributed by atoms with Crippen molar-refractivity contribution in [2.75, 3.05) is 13.2 Å². The molecule has 0 aliphatic rings. The maximum absolute atomic E-state index is 13.5. The molecule has 0 radical (unpaired) electrons. The predicted octanol–water partition coefficient (Wildman–Crippen LogP) is 9.97. The van der Waals surface area contributed by atoms with Crippen LogP contribution in [0.15, 0.2) is 10.2 Å². The molecule has 0 fully saturated rings. The molecule has 50 heavy (non-hydrogen) atoms. The molecule has 0 unspecified atom stereocenters. The minimum atomic E-state index is -8.27. The van der Waals surface area contributed by atoms with Crippen molar-refractivity contribution in [3.05, 3.63) is 0 Å². The molecular weight excluding hydrogens is 802 g/mol. The fourth-order valence-corrected chi connectivity index (χ4v) is 2.59. The van der Waals surface area contributed by atoms with Gasteiger partial charge in [0.2, 0.25) is 0 Å². The van der Waals surface area contributed by atoms with E-state index in [1.807, 2.05) is 10.2 Å². The highest BCUT2D eigenvalue weighted by Crippen LogP contribution is 2.62. The molecule has 0 N–H and O–H groups in total. The summed E-state index contributed by atoms with van der Waals surface area (Å²) >= 11 is 0. The molecule has 0 aromatic rings. The number of hydrogen-bond acceptors (Lipinski definition) is 4. The Kier molecular flexibility index (Phi) is 12.5. The third-order valence-electron chi connectivity index (χ3n) is 5.49. The van der Waals surface area contributed by atoms with E-state index in [0.29, 0.717) is 0 Å². The van der Waals surface area contributed by atoms with E-state index < -0.39 is 110 Å². The zero-order chi connectivity index (χ0) is 40.8. The van der Waals surface area contributed by atoms with E-state index in [1.165, 1.54) is 0 Å². The molecule has 0 heterocycles. The summed E-state index contributed by atoms with van der Waals surface area (Å²) in [5.74, 6) is -78.3. The van der Waals surface area contributed by atoms with E-state index in [4.69, 9.17) is 0 Å². The van der Waals surface area contributed by atoms with Gasteiger partial charge in [-0.15, -0.1) is 0 Å². The van der Waals surface area contributed by atoms with Crippen LogP contribution in [0.2, 0.25) is 0 Å². The summed E-state index contributed by atoms with van der Waals surface area (Å²) in [5, 5.41) is 3.72. The summed E-state index contributed by atoms with van der Waals surface area (Å²) < 4.78 is 344. The Morgan fingerprint density at radius 3 is 0.740 bits per heavy atom. The van der Waals surface area contributed by atoms with Crippen LogP contribution >= 0.6 is 0 Å². The van der Waals surface area contributed by atoms with Gasteiger partial charge in [-0.1, -0.05) is 10.2 Å². The van der Waals surface area contributed by atoms with E-state index in [1.54, 1.807) is 0 Å². The number of alkyl halides is 26. The molecule has 0 aliphatic heterocycles. The largest absolute Gasteiger partial charge is 0.460 e. The van der Waals surface area contributed by atoms with Crippen molar-refractivity contribution in [1.82, 2.24) is 0 Å². The van der Waals surface area contributed by atoms with E-state index in [-0.39, 0.29) is 0 Å². The second kappa shape index (κ2) is 13.4. The van der Waals surface area contributed by atoms with E-state index in [0.717, 1.165) is 0 Å². The van der Waals surface area contributed by atoms with Crippen LogP contribution in [0.5, 0.6) is 0 Å². The normalized spacial score (nSPS) is 15.8. The summed E-state index contributed by atoms with van der Waals surface area (Å²) in [5.41, 5.74) is 0. The number of carbonyl (C=O) groups is 2. The third-order valence-corrected chi connectivity index (χ3v) is 5.49. The quantitative estimate of drug-likeness (QED) is 0.129. The summed E-state index contributed by atoms with van der Waals surface area (Å²) in [7, 11) is 0. The summed E-state index contributed by atoms with van der Waals surface area (Å²) in [6.07, 6.45) is -27.1. The molecule has 0 bridgehead atoms. The first-order valence-corrected chi connectivity index (χ1v) is 11.2. The van der Waals surface area contributed by atoms with Crippen LogP contribution in [0, 0.1) is 0 Å². The fourth-order valence-electron chi connectivity index (χ4n) is 2.59. The van der Waals surface area contributed by atoms with Crippen molar-refractivity contribution in [2.24, 2.45) is 10.2 Å². The molecule has 2 amide bonds. The van der Waals surface area contributed by atoms with Crippen molar-refractivity contribution < 1.29 is 133 Å². The molecule has 6 nitrogen and oxygen atoms in total. The molecule has 0 saturated carbocycles. The second-order valence-electron chi connectivity index (χ2n) is 8.93. The van der Waals surface area contributed by atoms with Crippen molar-refractivity contribution in [3.63, 3.8) is 0 Å². The standard InChI is InChI=1S/C18H8F26N2O4/c19-7(20,9(23,24)11(27,28)13(31,32)15(35,36)17(39,40)41)1-3-49-5(47)45-46-6(48)50-4-2-8(21,22)10(25,26)12(29,30)14(33,34)16(37,38)18(42,43)44/h1-4H2. The van der Waals surface area contributed by atoms with Crippen LogP contribution in [0.25, 0.3) is 0 Å². The van der Waals surface area contributed by atoms with Gasteiger partial charge in [0, 0.05) is 0 Å². The average molecular weight is 810 g/mol. The van der Waals surface area contributed by atoms with Crippen LogP contribution in [-0.4, -0.2) is 97.0 Å². The van der Waals surface area contributed by atoms with Gasteiger partial charge in [-0.05, 0) is 0 Å². The highest BCUT2D eigenvalue weighted by Gasteiger charge is 2.92. The first-order valence-electron chi connectivity index (χ1n) is 11.2. The Bertz CT molecular complexity index is 1160. The van der Waals surface area contributed by atoms with Gasteiger partial charge >= 0.3 is 83.8 Å². The van der Waals surface area contributed by atoms with Gasteiger partial charge in [-0.25, -0.2) is 9.59 Å². The molecule has 0 aliphatic carbocycles. The van der Waals surface area contributed by atoms with Crippen LogP contribution in [0.4, 0.5) is 124 Å². The Balaban J connectivity index is 5.51. The molecule has 0 atom stereocenters. The second-order valence-corrected chi connectivity index (χ2v) is 8.93. The number of halogens is 26. The molecule has 0 rings (SSSR count). The van der Waals surface area contributed by atoms with E-state index in [9.17, 15) is 124 Å². The average Bonchev–Trinajstić information content (AvgIpc) is 2.89. The number of rotatable bonds is 14. The van der Waals surface area contributed by atoms with Crippen LogP contribution in [0.1, 0.15) is 12.8 Å². The number of hydrogen-bond donors (Lipinski definition) is 0. The monoisotopic (exact) mass is 810 g/mol. The molecule has 32 heteroatoms. The number of ether oxygens (including phenoxy) is 2. The van der Waals surface area contributed by atoms with Gasteiger partial charge in [0.15, 0.2) is 0 Å². The van der Waals surface area contributed by atoms with Gasteiger partial charge in [-0.3, -0.25) is 0 Å². The van der Waals surface area contributed by atoms with Crippen molar-refractivity contribution in [1.29, 1.82) is 0 Å². The van der Waals surface area contributed by atoms with Crippen LogP contribution in [0.3, 0.4) is 0 Å². The first kappa shape index (κ1) is 46.7. The number of carbonyl (C=O) groups excluding carboxylic acids is 2. The maximum Gasteiger partial charge on any atom is 0.460 e. The Morgan fingerprint density at radius 2 is 0.540 bits per heavy atom. The lowest BCUT2D eigenvalue weighted by Crippen LogP contribution is -2.70. The van der Waals surface area contributed by atoms with Gasteiger partial charge in [0.1, 0.15) is 0 Å². The Hall–Kier alpha value is -3.28. The van der Waals surface area contributed by atoms with E-state index in [2.05, 4.69) is 9.47 Å². The smallest absolute Gasteiger partial charge is 0.447 e. The number of nitrogens with zero attached hydrogens (tertiary/aromatic N) is 2. The van der Waals surface area contributed by atoms with Gasteiger partial charge in [-0.2, -0.15) is 114 Å². The predicted molar refractivity (Wildman–Crippen MR) is 98.4 cm³/mol. The maximum atomic E-state index is 13.5. The minimum absolute atomic E-state index is 1.86. The van der Waals surface area contributed by atoms with Crippen molar-refractivity contribution in [2.45, 2.75) is 84.4 Å². The zero-order valence-electron chi connectivity index (χ0n) is 22.2. The molecule has 0 saturated heterocycles. The topological polar surface area (TPSA) is 77.3 Å². The van der Waals surface area contributed by atoms with Crippen molar-refractivity contribution >= 4 is 12.2 Å². The lowest BCUT2D eigenvalue weighted by atomic mass is 9.93.